The first kappa shape index (κ1) is 20.7. The summed E-state index contributed by atoms with van der Waals surface area (Å²) in [5.41, 5.74) is 1.14. The number of nitrogens with one attached hydrogen (secondary N) is 1. The first-order valence-corrected chi connectivity index (χ1v) is 9.30. The van der Waals surface area contributed by atoms with Crippen LogP contribution < -0.4 is 5.32 Å². The Kier molecular flexibility index (Phi) is 6.10. The Morgan fingerprint density at radius 2 is 1.79 bits per heavy atom. The fourth-order valence-corrected chi connectivity index (χ4v) is 2.75. The molecular formula is C21H21ClN4O3. The zero-order valence-electron chi connectivity index (χ0n) is 16.3. The number of benzene rings is 2. The molecule has 0 fully saturated rings. The molecule has 0 aliphatic rings. The van der Waals surface area contributed by atoms with Gasteiger partial charge < -0.3 is 15.2 Å². The maximum atomic E-state index is 12.2. The second kappa shape index (κ2) is 8.55. The lowest BCUT2D eigenvalue weighted by molar-refractivity contribution is -0.139. The topological polar surface area (TPSA) is 97.2 Å². The molecule has 0 atom stereocenters. The maximum absolute atomic E-state index is 12.2. The Hall–Kier alpha value is -3.03. The molecule has 150 valence electrons. The molecule has 2 aromatic carbocycles. The second-order valence-corrected chi connectivity index (χ2v) is 7.27. The van der Waals surface area contributed by atoms with Crippen LogP contribution in [-0.4, -0.2) is 38.7 Å². The smallest absolute Gasteiger partial charge is 0.318 e. The van der Waals surface area contributed by atoms with Crippen molar-refractivity contribution in [3.8, 4) is 28.8 Å². The van der Waals surface area contributed by atoms with Gasteiger partial charge in [0.2, 0.25) is 0 Å². The minimum atomic E-state index is -0.931. The van der Waals surface area contributed by atoms with Crippen molar-refractivity contribution in [2.24, 2.45) is 0 Å². The molecule has 0 saturated heterocycles. The number of ether oxygens (including phenoxy) is 1. The van der Waals surface area contributed by atoms with Gasteiger partial charge in [-0.2, -0.15) is 9.97 Å². The lowest BCUT2D eigenvalue weighted by Crippen LogP contribution is -2.43. The van der Waals surface area contributed by atoms with E-state index in [1.54, 1.807) is 32.0 Å². The average molecular weight is 413 g/mol. The Morgan fingerprint density at radius 3 is 2.48 bits per heavy atom. The molecule has 2 N–H and O–H groups in total. The fraction of sp³-hybridized carbons (Fsp3) is 0.238. The molecular weight excluding hydrogens is 392 g/mol. The number of aromatic nitrogens is 3. The normalized spacial score (nSPS) is 11.3. The number of carbonyl (C=O) groups is 1. The molecule has 29 heavy (non-hydrogen) atoms. The molecule has 8 heteroatoms. The molecule has 1 amide bonds. The van der Waals surface area contributed by atoms with Gasteiger partial charge in [0.15, 0.2) is 11.6 Å². The quantitative estimate of drug-likeness (QED) is 0.642. The molecule has 0 spiro atoms. The number of methoxy groups -OCH3 is 1. The first-order chi connectivity index (χ1) is 13.8. The van der Waals surface area contributed by atoms with E-state index in [1.807, 2.05) is 30.3 Å². The van der Waals surface area contributed by atoms with E-state index in [-0.39, 0.29) is 18.3 Å². The predicted molar refractivity (Wildman–Crippen MR) is 110 cm³/mol. The monoisotopic (exact) mass is 412 g/mol. The van der Waals surface area contributed by atoms with Crippen LogP contribution in [0.15, 0.2) is 48.5 Å². The number of amides is 1. The van der Waals surface area contributed by atoms with Crippen molar-refractivity contribution in [3.63, 3.8) is 0 Å². The van der Waals surface area contributed by atoms with Gasteiger partial charge in [0.05, 0.1) is 5.02 Å². The van der Waals surface area contributed by atoms with Crippen molar-refractivity contribution in [2.45, 2.75) is 26.0 Å². The van der Waals surface area contributed by atoms with E-state index in [0.717, 1.165) is 11.1 Å². The molecule has 0 bridgehead atoms. The summed E-state index contributed by atoms with van der Waals surface area (Å²) in [5.74, 6) is 0.345. The van der Waals surface area contributed by atoms with E-state index in [9.17, 15) is 9.90 Å². The maximum Gasteiger partial charge on any atom is 0.318 e. The van der Waals surface area contributed by atoms with Crippen LogP contribution in [0.1, 0.15) is 19.4 Å². The number of carbonyl (C=O) groups excluding carboxylic acids is 1. The summed E-state index contributed by atoms with van der Waals surface area (Å²) in [6.45, 7) is 3.65. The molecule has 0 radical (unpaired) electrons. The number of nitrogens with zero attached hydrogens (tertiary/aromatic N) is 3. The van der Waals surface area contributed by atoms with Crippen molar-refractivity contribution in [1.82, 2.24) is 20.3 Å². The lowest BCUT2D eigenvalue weighted by Gasteiger charge is -2.21. The molecule has 3 rings (SSSR count). The van der Waals surface area contributed by atoms with E-state index in [0.29, 0.717) is 16.4 Å². The van der Waals surface area contributed by atoms with Gasteiger partial charge in [-0.05, 0) is 31.5 Å². The summed E-state index contributed by atoms with van der Waals surface area (Å²) in [6.07, 6.45) is 0. The second-order valence-electron chi connectivity index (χ2n) is 6.86. The minimum absolute atomic E-state index is 0.235. The van der Waals surface area contributed by atoms with E-state index in [1.165, 1.54) is 7.11 Å². The van der Waals surface area contributed by atoms with Crippen LogP contribution >= 0.6 is 11.6 Å². The number of hydrogen-bond donors (Lipinski definition) is 2. The molecule has 7 nitrogen and oxygen atoms in total. The standard InChI is InChI=1S/C21H21ClN4O3/c1-21(2,29-3)19(27)23-12-13-9-10-16(22)15(11-13)18-24-17(25-20(28)26-18)14-7-5-4-6-8-14/h4-11H,12H2,1-3H3,(H,23,27)(H,24,25,26,28). The molecule has 3 aromatic rings. The Morgan fingerprint density at radius 1 is 1.10 bits per heavy atom. The summed E-state index contributed by atoms with van der Waals surface area (Å²) in [6, 6.07) is 14.1. The SMILES string of the molecule is COC(C)(C)C(=O)NCc1ccc(Cl)c(-c2nc(O)nc(-c3ccccc3)n2)c1. The van der Waals surface area contributed by atoms with Gasteiger partial charge in [0.25, 0.3) is 5.91 Å². The van der Waals surface area contributed by atoms with Gasteiger partial charge in [-0.25, -0.2) is 4.98 Å². The summed E-state index contributed by atoms with van der Waals surface area (Å²) < 4.78 is 5.18. The van der Waals surface area contributed by atoms with E-state index in [4.69, 9.17) is 16.3 Å². The number of rotatable bonds is 6. The highest BCUT2D eigenvalue weighted by atomic mass is 35.5. The summed E-state index contributed by atoms with van der Waals surface area (Å²) in [7, 11) is 1.48. The van der Waals surface area contributed by atoms with E-state index in [2.05, 4.69) is 20.3 Å². The van der Waals surface area contributed by atoms with Crippen molar-refractivity contribution < 1.29 is 14.6 Å². The summed E-state index contributed by atoms with van der Waals surface area (Å²) >= 11 is 6.35. The molecule has 0 saturated carbocycles. The third-order valence-corrected chi connectivity index (χ3v) is 4.77. The van der Waals surface area contributed by atoms with Crippen LogP contribution in [0, 0.1) is 0 Å². The van der Waals surface area contributed by atoms with Gasteiger partial charge in [0, 0.05) is 24.8 Å². The van der Waals surface area contributed by atoms with Crippen LogP contribution in [0.4, 0.5) is 0 Å². The number of aromatic hydroxyl groups is 1. The average Bonchev–Trinajstić information content (AvgIpc) is 2.73. The Labute approximate surface area is 173 Å². The van der Waals surface area contributed by atoms with Crippen molar-refractivity contribution in [1.29, 1.82) is 0 Å². The summed E-state index contributed by atoms with van der Waals surface area (Å²) in [4.78, 5) is 24.7. The highest BCUT2D eigenvalue weighted by molar-refractivity contribution is 6.33. The van der Waals surface area contributed by atoms with E-state index < -0.39 is 11.6 Å². The lowest BCUT2D eigenvalue weighted by atomic mass is 10.1. The van der Waals surface area contributed by atoms with Crippen LogP contribution in [0.3, 0.4) is 0 Å². The molecule has 0 unspecified atom stereocenters. The third-order valence-electron chi connectivity index (χ3n) is 4.44. The van der Waals surface area contributed by atoms with Crippen molar-refractivity contribution in [3.05, 3.63) is 59.1 Å². The molecule has 0 aliphatic heterocycles. The fourth-order valence-electron chi connectivity index (χ4n) is 2.54. The van der Waals surface area contributed by atoms with Gasteiger partial charge in [0.1, 0.15) is 5.60 Å². The van der Waals surface area contributed by atoms with Crippen molar-refractivity contribution in [2.75, 3.05) is 7.11 Å². The largest absolute Gasteiger partial charge is 0.479 e. The highest BCUT2D eigenvalue weighted by Gasteiger charge is 2.26. The van der Waals surface area contributed by atoms with Crippen LogP contribution in [0.2, 0.25) is 5.02 Å². The van der Waals surface area contributed by atoms with Crippen LogP contribution in [0.25, 0.3) is 22.8 Å². The minimum Gasteiger partial charge on any atom is -0.479 e. The van der Waals surface area contributed by atoms with Crippen LogP contribution in [0.5, 0.6) is 6.01 Å². The van der Waals surface area contributed by atoms with Crippen LogP contribution in [-0.2, 0) is 16.1 Å². The van der Waals surface area contributed by atoms with Gasteiger partial charge in [-0.3, -0.25) is 4.79 Å². The highest BCUT2D eigenvalue weighted by Crippen LogP contribution is 2.29. The van der Waals surface area contributed by atoms with Gasteiger partial charge >= 0.3 is 6.01 Å². The zero-order chi connectivity index (χ0) is 21.0. The molecule has 1 heterocycles. The van der Waals surface area contributed by atoms with E-state index >= 15 is 0 Å². The first-order valence-electron chi connectivity index (χ1n) is 8.93. The Bertz CT molecular complexity index is 1030. The summed E-state index contributed by atoms with van der Waals surface area (Å²) in [5, 5.41) is 13.2. The molecule has 0 aliphatic carbocycles. The van der Waals surface area contributed by atoms with Crippen molar-refractivity contribution >= 4 is 17.5 Å². The third kappa shape index (κ3) is 4.88. The van der Waals surface area contributed by atoms with Gasteiger partial charge in [-0.15, -0.1) is 0 Å². The van der Waals surface area contributed by atoms with Gasteiger partial charge in [-0.1, -0.05) is 48.0 Å². The Balaban J connectivity index is 1.91. The number of halogens is 1. The molecule has 1 aromatic heterocycles. The zero-order valence-corrected chi connectivity index (χ0v) is 17.1. The predicted octanol–water partition coefficient (Wildman–Crippen LogP) is 3.61. The number of hydrogen-bond acceptors (Lipinski definition) is 6.